The van der Waals surface area contributed by atoms with Crippen molar-refractivity contribution in [3.63, 3.8) is 0 Å². The largest absolute Gasteiger partial charge is 0.354 e. The van der Waals surface area contributed by atoms with Crippen LogP contribution in [0.2, 0.25) is 0 Å². The lowest BCUT2D eigenvalue weighted by Crippen LogP contribution is -2.47. The number of amides is 1. The van der Waals surface area contributed by atoms with E-state index < -0.39 is 0 Å². The minimum Gasteiger partial charge on any atom is -0.354 e. The first-order valence-corrected chi connectivity index (χ1v) is 7.78. The average molecular weight is 269 g/mol. The van der Waals surface area contributed by atoms with E-state index in [9.17, 15) is 4.79 Å². The molecule has 1 heterocycles. The van der Waals surface area contributed by atoms with Gasteiger partial charge in [-0.15, -0.1) is 0 Å². The van der Waals surface area contributed by atoms with E-state index in [-0.39, 0.29) is 11.8 Å². The van der Waals surface area contributed by atoms with Crippen molar-refractivity contribution in [1.29, 1.82) is 0 Å². The highest BCUT2D eigenvalue weighted by Gasteiger charge is 2.25. The third-order valence-corrected chi connectivity index (χ3v) is 4.01. The molecule has 1 aliphatic heterocycles. The zero-order valence-electron chi connectivity index (χ0n) is 13.0. The third kappa shape index (κ3) is 5.49. The number of rotatable bonds is 8. The molecule has 2 atom stereocenters. The van der Waals surface area contributed by atoms with Crippen LogP contribution in [0.5, 0.6) is 0 Å². The summed E-state index contributed by atoms with van der Waals surface area (Å²) in [5.41, 5.74) is 0. The fourth-order valence-electron chi connectivity index (χ4n) is 2.69. The van der Waals surface area contributed by atoms with Gasteiger partial charge in [-0.2, -0.15) is 0 Å². The molecule has 112 valence electrons. The van der Waals surface area contributed by atoms with Crippen LogP contribution in [0, 0.1) is 11.8 Å². The molecule has 4 nitrogen and oxygen atoms in total. The van der Waals surface area contributed by atoms with Crippen molar-refractivity contribution in [1.82, 2.24) is 15.5 Å². The maximum Gasteiger partial charge on any atom is 0.224 e. The second-order valence-corrected chi connectivity index (χ2v) is 6.01. The summed E-state index contributed by atoms with van der Waals surface area (Å²) in [6.45, 7) is 13.4. The fourth-order valence-corrected chi connectivity index (χ4v) is 2.69. The van der Waals surface area contributed by atoms with Gasteiger partial charge in [0.25, 0.3) is 0 Å². The molecule has 19 heavy (non-hydrogen) atoms. The molecule has 0 aromatic heterocycles. The second-order valence-electron chi connectivity index (χ2n) is 6.01. The van der Waals surface area contributed by atoms with Gasteiger partial charge in [-0.1, -0.05) is 27.7 Å². The molecular weight excluding hydrogens is 238 g/mol. The minimum absolute atomic E-state index is 0.0475. The van der Waals surface area contributed by atoms with Crippen LogP contribution in [-0.4, -0.2) is 49.6 Å². The first-order valence-electron chi connectivity index (χ1n) is 7.78. The Morgan fingerprint density at radius 1 is 1.16 bits per heavy atom. The van der Waals surface area contributed by atoms with Crippen LogP contribution in [-0.2, 0) is 4.79 Å². The smallest absolute Gasteiger partial charge is 0.224 e. The van der Waals surface area contributed by atoms with Crippen LogP contribution in [0.3, 0.4) is 0 Å². The summed E-state index contributed by atoms with van der Waals surface area (Å²) in [4.78, 5) is 14.5. The van der Waals surface area contributed by atoms with Crippen molar-refractivity contribution in [2.45, 2.75) is 46.6 Å². The summed E-state index contributed by atoms with van der Waals surface area (Å²) in [7, 11) is 0. The van der Waals surface area contributed by atoms with Crippen molar-refractivity contribution in [2.24, 2.45) is 11.8 Å². The lowest BCUT2D eigenvalue weighted by Gasteiger charge is -2.31. The summed E-state index contributed by atoms with van der Waals surface area (Å²) in [5, 5.41) is 6.35. The van der Waals surface area contributed by atoms with Gasteiger partial charge in [0.1, 0.15) is 0 Å². The molecule has 0 aromatic carbocycles. The van der Waals surface area contributed by atoms with E-state index in [0.717, 1.165) is 19.6 Å². The van der Waals surface area contributed by atoms with E-state index in [1.807, 2.05) is 6.92 Å². The van der Waals surface area contributed by atoms with E-state index in [0.29, 0.717) is 12.0 Å². The summed E-state index contributed by atoms with van der Waals surface area (Å²) >= 11 is 0. The molecule has 0 bridgehead atoms. The number of carbonyl (C=O) groups excluding carboxylic acids is 1. The summed E-state index contributed by atoms with van der Waals surface area (Å²) < 4.78 is 0. The van der Waals surface area contributed by atoms with Crippen LogP contribution in [0.4, 0.5) is 0 Å². The molecule has 0 aromatic rings. The number of hydrogen-bond acceptors (Lipinski definition) is 3. The quantitative estimate of drug-likeness (QED) is 0.701. The molecule has 1 rings (SSSR count). The van der Waals surface area contributed by atoms with Gasteiger partial charge in [-0.05, 0) is 38.4 Å². The normalized spacial score (nSPS) is 19.6. The van der Waals surface area contributed by atoms with Crippen LogP contribution in [0.25, 0.3) is 0 Å². The van der Waals surface area contributed by atoms with Crippen LogP contribution in [0.15, 0.2) is 0 Å². The van der Waals surface area contributed by atoms with Gasteiger partial charge in [0.2, 0.25) is 5.91 Å². The molecule has 1 fully saturated rings. The molecular formula is C15H31N3O. The van der Waals surface area contributed by atoms with Crippen molar-refractivity contribution in [2.75, 3.05) is 32.7 Å². The van der Waals surface area contributed by atoms with E-state index >= 15 is 0 Å². The molecule has 2 unspecified atom stereocenters. The lowest BCUT2D eigenvalue weighted by atomic mass is 10.0. The van der Waals surface area contributed by atoms with Crippen LogP contribution in [0.1, 0.15) is 40.5 Å². The Balaban J connectivity index is 2.36. The summed E-state index contributed by atoms with van der Waals surface area (Å²) in [6.07, 6.45) is 2.60. The molecule has 0 aliphatic carbocycles. The average Bonchev–Trinajstić information content (AvgIpc) is 2.89. The van der Waals surface area contributed by atoms with Crippen molar-refractivity contribution >= 4 is 5.91 Å². The number of carbonyl (C=O) groups is 1. The highest BCUT2D eigenvalue weighted by Crippen LogP contribution is 2.17. The van der Waals surface area contributed by atoms with Gasteiger partial charge < -0.3 is 10.6 Å². The van der Waals surface area contributed by atoms with Gasteiger partial charge in [-0.3, -0.25) is 9.69 Å². The molecule has 1 amide bonds. The molecule has 0 saturated carbocycles. The van der Waals surface area contributed by atoms with Gasteiger partial charge in [0, 0.05) is 25.0 Å². The van der Waals surface area contributed by atoms with Gasteiger partial charge in [0.15, 0.2) is 0 Å². The zero-order chi connectivity index (χ0) is 14.3. The van der Waals surface area contributed by atoms with Crippen molar-refractivity contribution in [3.05, 3.63) is 0 Å². The molecule has 1 saturated heterocycles. The first kappa shape index (κ1) is 16.4. The van der Waals surface area contributed by atoms with E-state index in [2.05, 4.69) is 36.3 Å². The van der Waals surface area contributed by atoms with Crippen molar-refractivity contribution < 1.29 is 4.79 Å². The predicted molar refractivity (Wildman–Crippen MR) is 80.2 cm³/mol. The Labute approximate surface area is 118 Å². The van der Waals surface area contributed by atoms with Gasteiger partial charge in [0.05, 0.1) is 0 Å². The minimum atomic E-state index is 0.0475. The molecule has 0 radical (unpaired) electrons. The molecule has 2 N–H and O–H groups in total. The third-order valence-electron chi connectivity index (χ3n) is 4.01. The summed E-state index contributed by atoms with van der Waals surface area (Å²) in [6, 6.07) is 0.484. The summed E-state index contributed by atoms with van der Waals surface area (Å²) in [5.74, 6) is 0.805. The van der Waals surface area contributed by atoms with E-state index in [1.54, 1.807) is 0 Å². The highest BCUT2D eigenvalue weighted by molar-refractivity contribution is 5.78. The number of nitrogens with zero attached hydrogens (tertiary/aromatic N) is 1. The Bertz CT molecular complexity index is 262. The lowest BCUT2D eigenvalue weighted by molar-refractivity contribution is -0.124. The SMILES string of the molecule is CCNCC(C)C(=O)NCC(C(C)C)N1CCCC1. The van der Waals surface area contributed by atoms with Crippen LogP contribution >= 0.6 is 0 Å². The van der Waals surface area contributed by atoms with Crippen LogP contribution < -0.4 is 10.6 Å². The maximum absolute atomic E-state index is 12.0. The standard InChI is InChI=1S/C15H31N3O/c1-5-16-10-13(4)15(19)17-11-14(12(2)3)18-8-6-7-9-18/h12-14,16H,5-11H2,1-4H3,(H,17,19). The number of hydrogen-bond donors (Lipinski definition) is 2. The second kappa shape index (κ2) is 8.54. The Kier molecular flexibility index (Phi) is 7.39. The fraction of sp³-hybridized carbons (Fsp3) is 0.933. The topological polar surface area (TPSA) is 44.4 Å². The highest BCUT2D eigenvalue weighted by atomic mass is 16.1. The Hall–Kier alpha value is -0.610. The molecule has 4 heteroatoms. The van der Waals surface area contributed by atoms with Crippen molar-refractivity contribution in [3.8, 4) is 0 Å². The predicted octanol–water partition coefficient (Wildman–Crippen LogP) is 1.47. The number of nitrogens with one attached hydrogen (secondary N) is 2. The monoisotopic (exact) mass is 269 g/mol. The number of likely N-dealkylation sites (tertiary alicyclic amines) is 1. The van der Waals surface area contributed by atoms with E-state index in [1.165, 1.54) is 25.9 Å². The first-order chi connectivity index (χ1) is 9.06. The molecule has 0 spiro atoms. The molecule has 1 aliphatic rings. The van der Waals surface area contributed by atoms with Gasteiger partial charge in [-0.25, -0.2) is 0 Å². The Morgan fingerprint density at radius 2 is 1.79 bits per heavy atom. The Morgan fingerprint density at radius 3 is 2.32 bits per heavy atom. The van der Waals surface area contributed by atoms with E-state index in [4.69, 9.17) is 0 Å². The van der Waals surface area contributed by atoms with Gasteiger partial charge >= 0.3 is 0 Å². The zero-order valence-corrected chi connectivity index (χ0v) is 13.0. The maximum atomic E-state index is 12.0.